The van der Waals surface area contributed by atoms with Crippen LogP contribution in [0.1, 0.15) is 5.56 Å². The first kappa shape index (κ1) is 11.2. The third-order valence-corrected chi connectivity index (χ3v) is 3.61. The van der Waals surface area contributed by atoms with Gasteiger partial charge in [-0.25, -0.2) is 0 Å². The average molecular weight is 259 g/mol. The van der Waals surface area contributed by atoms with Gasteiger partial charge in [0.1, 0.15) is 11.2 Å². The number of hydrogen-bond donors (Lipinski definition) is 0. The SMILES string of the molecule is Cc1cccc(-c2cncc3c2oc2ccccc23)c1. The molecule has 0 atom stereocenters. The van der Waals surface area contributed by atoms with Gasteiger partial charge in [0.05, 0.1) is 0 Å². The summed E-state index contributed by atoms with van der Waals surface area (Å²) in [6.07, 6.45) is 3.75. The largest absolute Gasteiger partial charge is 0.455 e. The third kappa shape index (κ3) is 1.62. The molecule has 0 fully saturated rings. The molecule has 0 aliphatic carbocycles. The van der Waals surface area contributed by atoms with Crippen LogP contribution in [-0.4, -0.2) is 4.98 Å². The zero-order chi connectivity index (χ0) is 13.5. The van der Waals surface area contributed by atoms with Gasteiger partial charge in [-0.15, -0.1) is 0 Å². The summed E-state index contributed by atoms with van der Waals surface area (Å²) in [7, 11) is 0. The molecule has 0 spiro atoms. The molecule has 0 saturated carbocycles. The molecule has 0 unspecified atom stereocenters. The minimum atomic E-state index is 0.907. The molecule has 2 heteroatoms. The Hall–Kier alpha value is -2.61. The zero-order valence-electron chi connectivity index (χ0n) is 11.1. The monoisotopic (exact) mass is 259 g/mol. The summed E-state index contributed by atoms with van der Waals surface area (Å²) in [5.74, 6) is 0. The minimum Gasteiger partial charge on any atom is -0.455 e. The minimum absolute atomic E-state index is 0.907. The van der Waals surface area contributed by atoms with Crippen molar-refractivity contribution in [1.29, 1.82) is 0 Å². The summed E-state index contributed by atoms with van der Waals surface area (Å²) >= 11 is 0. The van der Waals surface area contributed by atoms with Crippen LogP contribution in [0, 0.1) is 6.92 Å². The first-order valence-electron chi connectivity index (χ1n) is 6.65. The Morgan fingerprint density at radius 2 is 1.80 bits per heavy atom. The van der Waals surface area contributed by atoms with Crippen LogP contribution in [0.5, 0.6) is 0 Å². The number of pyridine rings is 1. The van der Waals surface area contributed by atoms with Gasteiger partial charge in [-0.1, -0.05) is 48.0 Å². The number of rotatable bonds is 1. The number of nitrogens with zero attached hydrogens (tertiary/aromatic N) is 1. The van der Waals surface area contributed by atoms with E-state index in [1.165, 1.54) is 5.56 Å². The van der Waals surface area contributed by atoms with Crippen LogP contribution in [-0.2, 0) is 0 Å². The van der Waals surface area contributed by atoms with Crippen LogP contribution in [0.15, 0.2) is 65.3 Å². The molecule has 20 heavy (non-hydrogen) atoms. The van der Waals surface area contributed by atoms with E-state index >= 15 is 0 Å². The van der Waals surface area contributed by atoms with E-state index in [4.69, 9.17) is 4.42 Å². The lowest BCUT2D eigenvalue weighted by Gasteiger charge is -2.03. The highest BCUT2D eigenvalue weighted by Gasteiger charge is 2.12. The first-order chi connectivity index (χ1) is 9.83. The van der Waals surface area contributed by atoms with Gasteiger partial charge in [0, 0.05) is 28.7 Å². The third-order valence-electron chi connectivity index (χ3n) is 3.61. The number of aromatic nitrogens is 1. The Kier molecular flexibility index (Phi) is 2.36. The highest BCUT2D eigenvalue weighted by Crippen LogP contribution is 2.34. The lowest BCUT2D eigenvalue weighted by molar-refractivity contribution is 0.669. The van der Waals surface area contributed by atoms with Crippen molar-refractivity contribution < 1.29 is 4.42 Å². The topological polar surface area (TPSA) is 26.0 Å². The summed E-state index contributed by atoms with van der Waals surface area (Å²) in [6.45, 7) is 2.09. The Bertz CT molecular complexity index is 921. The predicted molar refractivity (Wildman–Crippen MR) is 81.7 cm³/mol. The standard InChI is InChI=1S/C18H13NO/c1-12-5-4-6-13(9-12)15-10-19-11-16-14-7-2-3-8-17(14)20-18(15)16/h2-11H,1H3. The molecule has 0 bridgehead atoms. The number of aryl methyl sites for hydroxylation is 1. The van der Waals surface area contributed by atoms with Gasteiger partial charge in [-0.3, -0.25) is 4.98 Å². The van der Waals surface area contributed by atoms with Crippen molar-refractivity contribution in [3.63, 3.8) is 0 Å². The van der Waals surface area contributed by atoms with Gasteiger partial charge in [0.25, 0.3) is 0 Å². The number of fused-ring (bicyclic) bond motifs is 3. The van der Waals surface area contributed by atoms with Crippen molar-refractivity contribution in [2.45, 2.75) is 6.92 Å². The second-order valence-corrected chi connectivity index (χ2v) is 5.03. The van der Waals surface area contributed by atoms with Crippen LogP contribution < -0.4 is 0 Å². The molecule has 2 heterocycles. The molecule has 0 aliphatic heterocycles. The summed E-state index contributed by atoms with van der Waals surface area (Å²) in [5.41, 5.74) is 5.23. The molecule has 4 rings (SSSR count). The molecule has 2 nitrogen and oxygen atoms in total. The molecule has 4 aromatic rings. The molecule has 0 radical (unpaired) electrons. The summed E-state index contributed by atoms with van der Waals surface area (Å²) in [6, 6.07) is 16.5. The van der Waals surface area contributed by atoms with E-state index in [0.29, 0.717) is 0 Å². The van der Waals surface area contributed by atoms with E-state index in [1.54, 1.807) is 0 Å². The quantitative estimate of drug-likeness (QED) is 0.483. The average Bonchev–Trinajstić information content (AvgIpc) is 2.86. The van der Waals surface area contributed by atoms with Crippen LogP contribution in [0.3, 0.4) is 0 Å². The van der Waals surface area contributed by atoms with Gasteiger partial charge in [-0.05, 0) is 18.6 Å². The van der Waals surface area contributed by atoms with Gasteiger partial charge in [0.2, 0.25) is 0 Å². The number of hydrogen-bond acceptors (Lipinski definition) is 2. The van der Waals surface area contributed by atoms with Crippen LogP contribution >= 0.6 is 0 Å². The molecule has 2 aromatic carbocycles. The Labute approximate surface area is 116 Å². The molecular formula is C18H13NO. The second kappa shape index (κ2) is 4.20. The highest BCUT2D eigenvalue weighted by molar-refractivity contribution is 6.08. The van der Waals surface area contributed by atoms with E-state index in [0.717, 1.165) is 33.1 Å². The van der Waals surface area contributed by atoms with Crippen molar-refractivity contribution in [2.24, 2.45) is 0 Å². The predicted octanol–water partition coefficient (Wildman–Crippen LogP) is 4.96. The van der Waals surface area contributed by atoms with E-state index in [2.05, 4.69) is 42.2 Å². The molecule has 0 aliphatic rings. The summed E-state index contributed by atoms with van der Waals surface area (Å²) in [4.78, 5) is 4.38. The van der Waals surface area contributed by atoms with Crippen molar-refractivity contribution in [2.75, 3.05) is 0 Å². The fraction of sp³-hybridized carbons (Fsp3) is 0.0556. The Balaban J connectivity index is 2.10. The van der Waals surface area contributed by atoms with Crippen molar-refractivity contribution in [1.82, 2.24) is 4.98 Å². The Morgan fingerprint density at radius 3 is 2.70 bits per heavy atom. The van der Waals surface area contributed by atoms with E-state index in [-0.39, 0.29) is 0 Å². The van der Waals surface area contributed by atoms with E-state index < -0.39 is 0 Å². The molecule has 0 N–H and O–H groups in total. The number of para-hydroxylation sites is 1. The maximum atomic E-state index is 6.04. The summed E-state index contributed by atoms with van der Waals surface area (Å²) in [5, 5.41) is 2.18. The number of benzene rings is 2. The van der Waals surface area contributed by atoms with Crippen LogP contribution in [0.25, 0.3) is 33.1 Å². The fourth-order valence-corrected chi connectivity index (χ4v) is 2.66. The van der Waals surface area contributed by atoms with E-state index in [9.17, 15) is 0 Å². The normalized spacial score (nSPS) is 11.2. The molecular weight excluding hydrogens is 246 g/mol. The Morgan fingerprint density at radius 1 is 0.900 bits per heavy atom. The fourth-order valence-electron chi connectivity index (χ4n) is 2.66. The van der Waals surface area contributed by atoms with Gasteiger partial charge in [0.15, 0.2) is 0 Å². The highest BCUT2D eigenvalue weighted by atomic mass is 16.3. The maximum absolute atomic E-state index is 6.04. The van der Waals surface area contributed by atoms with Gasteiger partial charge >= 0.3 is 0 Å². The lowest BCUT2D eigenvalue weighted by atomic mass is 10.0. The second-order valence-electron chi connectivity index (χ2n) is 5.03. The van der Waals surface area contributed by atoms with Gasteiger partial charge in [-0.2, -0.15) is 0 Å². The molecule has 2 aromatic heterocycles. The van der Waals surface area contributed by atoms with Crippen molar-refractivity contribution in [3.8, 4) is 11.1 Å². The van der Waals surface area contributed by atoms with Crippen molar-refractivity contribution >= 4 is 21.9 Å². The molecule has 96 valence electrons. The smallest absolute Gasteiger partial charge is 0.146 e. The van der Waals surface area contributed by atoms with Crippen LogP contribution in [0.2, 0.25) is 0 Å². The molecule has 0 amide bonds. The van der Waals surface area contributed by atoms with E-state index in [1.807, 2.05) is 30.6 Å². The van der Waals surface area contributed by atoms with Gasteiger partial charge < -0.3 is 4.42 Å². The maximum Gasteiger partial charge on any atom is 0.146 e. The molecule has 0 saturated heterocycles. The lowest BCUT2D eigenvalue weighted by Crippen LogP contribution is -1.82. The van der Waals surface area contributed by atoms with Crippen molar-refractivity contribution in [3.05, 3.63) is 66.5 Å². The summed E-state index contributed by atoms with van der Waals surface area (Å²) < 4.78 is 6.04. The number of furan rings is 1. The zero-order valence-corrected chi connectivity index (χ0v) is 11.1. The van der Waals surface area contributed by atoms with Crippen LogP contribution in [0.4, 0.5) is 0 Å². The first-order valence-corrected chi connectivity index (χ1v) is 6.65.